The fourth-order valence-corrected chi connectivity index (χ4v) is 6.64. The average molecular weight is 685 g/mol. The van der Waals surface area contributed by atoms with Gasteiger partial charge >= 0.3 is 6.09 Å². The number of nitrogens with two attached hydrogens (primary N) is 1. The molecule has 1 aliphatic rings. The molecule has 0 radical (unpaired) electrons. The van der Waals surface area contributed by atoms with Crippen molar-refractivity contribution in [3.05, 3.63) is 59.7 Å². The third-order valence-electron chi connectivity index (χ3n) is 9.43. The largest absolute Gasteiger partial charge is 0.493 e. The number of rotatable bonds is 18. The molecular formula is C40H64N2O7. The van der Waals surface area contributed by atoms with Crippen LogP contribution in [0.2, 0.25) is 0 Å². The summed E-state index contributed by atoms with van der Waals surface area (Å²) in [6, 6.07) is 16.3. The molecule has 1 saturated heterocycles. The quantitative estimate of drug-likeness (QED) is 0.157. The van der Waals surface area contributed by atoms with Crippen LogP contribution in [0.1, 0.15) is 92.7 Å². The van der Waals surface area contributed by atoms with Crippen LogP contribution in [-0.4, -0.2) is 68.1 Å². The highest BCUT2D eigenvalue weighted by atomic mass is 16.6. The van der Waals surface area contributed by atoms with Gasteiger partial charge < -0.3 is 34.2 Å². The first-order valence-corrected chi connectivity index (χ1v) is 17.9. The molecule has 0 bridgehead atoms. The number of nitrogens with zero attached hydrogens (tertiary/aromatic N) is 1. The zero-order valence-corrected chi connectivity index (χ0v) is 32.0. The standard InChI is InChI=1S/C40H64N2O7/c1-28(2)32(22-31-18-19-34(45-11)35(23-31)47-21-15-20-44-10)25-40(41)36(48-39(8,9)42(40)37(43)49-38(5,6)7)24-33(29(3)4)27-46-26-30-16-13-12-14-17-30/h12-14,16-19,23,28-29,32-33,36H,15,20-22,24-27,41H2,1-11H3/t32-,33+,36-,40-/m0/s1. The van der Waals surface area contributed by atoms with E-state index < -0.39 is 29.2 Å². The summed E-state index contributed by atoms with van der Waals surface area (Å²) in [6.07, 6.45) is 1.75. The Morgan fingerprint density at radius 3 is 2.20 bits per heavy atom. The number of amides is 1. The predicted octanol–water partition coefficient (Wildman–Crippen LogP) is 8.22. The molecule has 0 saturated carbocycles. The van der Waals surface area contributed by atoms with Crippen LogP contribution in [0.25, 0.3) is 0 Å². The maximum Gasteiger partial charge on any atom is 0.414 e. The molecule has 4 atom stereocenters. The maximum atomic E-state index is 14.0. The summed E-state index contributed by atoms with van der Waals surface area (Å²) < 4.78 is 35.9. The molecule has 2 aromatic carbocycles. The Hall–Kier alpha value is -2.85. The lowest BCUT2D eigenvalue weighted by atomic mass is 9.77. The Morgan fingerprint density at radius 2 is 1.61 bits per heavy atom. The molecule has 0 spiro atoms. The minimum absolute atomic E-state index is 0.108. The van der Waals surface area contributed by atoms with E-state index in [0.29, 0.717) is 56.7 Å². The topological polar surface area (TPSA) is 102 Å². The second-order valence-corrected chi connectivity index (χ2v) is 15.7. The SMILES string of the molecule is COCCCOc1cc(C[C@@H](C[C@@]2(N)[C@H](C[C@H](COCc3ccccc3)C(C)C)OC(C)(C)N2C(=O)OC(C)(C)C)C(C)C)ccc1OC. The number of methoxy groups -OCH3 is 2. The van der Waals surface area contributed by atoms with Crippen molar-refractivity contribution >= 4 is 6.09 Å². The molecule has 1 aliphatic heterocycles. The van der Waals surface area contributed by atoms with Gasteiger partial charge in [0.15, 0.2) is 11.5 Å². The van der Waals surface area contributed by atoms with Crippen LogP contribution in [0.3, 0.4) is 0 Å². The van der Waals surface area contributed by atoms with Crippen LogP contribution in [0, 0.1) is 23.7 Å². The first-order valence-electron chi connectivity index (χ1n) is 17.9. The number of ether oxygens (including phenoxy) is 6. The first-order chi connectivity index (χ1) is 23.0. The first kappa shape index (κ1) is 40.6. The van der Waals surface area contributed by atoms with E-state index in [4.69, 9.17) is 34.2 Å². The van der Waals surface area contributed by atoms with Gasteiger partial charge in [0.1, 0.15) is 17.0 Å². The van der Waals surface area contributed by atoms with E-state index >= 15 is 0 Å². The Morgan fingerprint density at radius 1 is 0.939 bits per heavy atom. The van der Waals surface area contributed by atoms with Gasteiger partial charge in [-0.15, -0.1) is 0 Å². The van der Waals surface area contributed by atoms with E-state index in [9.17, 15) is 4.79 Å². The van der Waals surface area contributed by atoms with Gasteiger partial charge in [0.05, 0.1) is 33.0 Å². The molecule has 0 aromatic heterocycles. The molecule has 0 aliphatic carbocycles. The van der Waals surface area contributed by atoms with Crippen molar-refractivity contribution < 1.29 is 33.2 Å². The maximum absolute atomic E-state index is 14.0. The molecule has 276 valence electrons. The van der Waals surface area contributed by atoms with Gasteiger partial charge in [-0.1, -0.05) is 64.1 Å². The molecule has 9 nitrogen and oxygen atoms in total. The molecular weight excluding hydrogens is 620 g/mol. The van der Waals surface area contributed by atoms with Gasteiger partial charge in [-0.25, -0.2) is 4.79 Å². The summed E-state index contributed by atoms with van der Waals surface area (Å²) >= 11 is 0. The Labute approximate surface area is 296 Å². The minimum atomic E-state index is -1.14. The molecule has 2 aromatic rings. The highest BCUT2D eigenvalue weighted by Crippen LogP contribution is 2.46. The van der Waals surface area contributed by atoms with Crippen LogP contribution in [0.5, 0.6) is 11.5 Å². The Bertz CT molecular complexity index is 1290. The minimum Gasteiger partial charge on any atom is -0.493 e. The number of benzene rings is 2. The molecule has 9 heteroatoms. The van der Waals surface area contributed by atoms with E-state index in [1.165, 1.54) is 0 Å². The second kappa shape index (κ2) is 17.9. The zero-order chi connectivity index (χ0) is 36.4. The summed E-state index contributed by atoms with van der Waals surface area (Å²) in [5, 5.41) is 0. The van der Waals surface area contributed by atoms with Gasteiger partial charge in [0, 0.05) is 20.1 Å². The summed E-state index contributed by atoms with van der Waals surface area (Å²) in [5.41, 5.74) is 7.00. The number of hydrogen-bond acceptors (Lipinski definition) is 8. The fourth-order valence-electron chi connectivity index (χ4n) is 6.64. The average Bonchev–Trinajstić information content (AvgIpc) is 3.21. The molecule has 1 amide bonds. The third-order valence-corrected chi connectivity index (χ3v) is 9.43. The summed E-state index contributed by atoms with van der Waals surface area (Å²) in [5.74, 6) is 2.22. The lowest BCUT2D eigenvalue weighted by Crippen LogP contribution is -2.65. The van der Waals surface area contributed by atoms with Crippen LogP contribution in [0.15, 0.2) is 48.5 Å². The van der Waals surface area contributed by atoms with E-state index in [1.807, 2.05) is 58.9 Å². The van der Waals surface area contributed by atoms with E-state index in [1.54, 1.807) is 19.1 Å². The summed E-state index contributed by atoms with van der Waals surface area (Å²) in [6.45, 7) is 20.5. The van der Waals surface area contributed by atoms with Crippen molar-refractivity contribution in [1.29, 1.82) is 0 Å². The van der Waals surface area contributed by atoms with Crippen LogP contribution in [0.4, 0.5) is 4.79 Å². The lowest BCUT2D eigenvalue weighted by Gasteiger charge is -2.44. The van der Waals surface area contributed by atoms with Gasteiger partial charge in [-0.2, -0.15) is 0 Å². The Balaban J connectivity index is 1.94. The number of hydrogen-bond donors (Lipinski definition) is 1. The monoisotopic (exact) mass is 684 g/mol. The highest BCUT2D eigenvalue weighted by molar-refractivity contribution is 5.70. The predicted molar refractivity (Wildman–Crippen MR) is 195 cm³/mol. The van der Waals surface area contributed by atoms with Crippen molar-refractivity contribution in [1.82, 2.24) is 4.90 Å². The molecule has 1 fully saturated rings. The summed E-state index contributed by atoms with van der Waals surface area (Å²) in [4.78, 5) is 15.7. The van der Waals surface area contributed by atoms with Gasteiger partial charge in [-0.3, -0.25) is 4.90 Å². The van der Waals surface area contributed by atoms with Crippen molar-refractivity contribution in [3.8, 4) is 11.5 Å². The van der Waals surface area contributed by atoms with Gasteiger partial charge in [0.2, 0.25) is 0 Å². The number of carbonyl (C=O) groups excluding carboxylic acids is 1. The van der Waals surface area contributed by atoms with Crippen molar-refractivity contribution in [2.24, 2.45) is 29.4 Å². The van der Waals surface area contributed by atoms with Gasteiger partial charge in [0.25, 0.3) is 0 Å². The second-order valence-electron chi connectivity index (χ2n) is 15.7. The lowest BCUT2D eigenvalue weighted by molar-refractivity contribution is -0.0860. The normalized spacial score (nSPS) is 20.4. The van der Waals surface area contributed by atoms with E-state index in [-0.39, 0.29) is 17.8 Å². The van der Waals surface area contributed by atoms with Crippen molar-refractivity contribution in [2.75, 3.05) is 34.0 Å². The van der Waals surface area contributed by atoms with Gasteiger partial charge in [-0.05, 0) is 101 Å². The molecule has 2 N–H and O–H groups in total. The third kappa shape index (κ3) is 11.6. The molecule has 49 heavy (non-hydrogen) atoms. The Kier molecular flexibility index (Phi) is 14.8. The fraction of sp³-hybridized carbons (Fsp3) is 0.675. The molecule has 1 heterocycles. The number of carbonyl (C=O) groups is 1. The molecule has 3 rings (SSSR count). The van der Waals surface area contributed by atoms with Crippen LogP contribution in [-0.2, 0) is 32.0 Å². The highest BCUT2D eigenvalue weighted by Gasteiger charge is 2.60. The van der Waals surface area contributed by atoms with E-state index in [2.05, 4.69) is 52.0 Å². The summed E-state index contributed by atoms with van der Waals surface area (Å²) in [7, 11) is 3.34. The van der Waals surface area contributed by atoms with Crippen LogP contribution >= 0.6 is 0 Å². The smallest absolute Gasteiger partial charge is 0.414 e. The van der Waals surface area contributed by atoms with Crippen LogP contribution < -0.4 is 15.2 Å². The van der Waals surface area contributed by atoms with E-state index in [0.717, 1.165) is 24.0 Å². The van der Waals surface area contributed by atoms with Crippen molar-refractivity contribution in [2.45, 2.75) is 118 Å². The molecule has 0 unspecified atom stereocenters. The zero-order valence-electron chi connectivity index (χ0n) is 32.0. The van der Waals surface area contributed by atoms with Crippen molar-refractivity contribution in [3.63, 3.8) is 0 Å².